The highest BCUT2D eigenvalue weighted by molar-refractivity contribution is 5.96. The van der Waals surface area contributed by atoms with Crippen molar-refractivity contribution in [2.24, 2.45) is 0 Å². The van der Waals surface area contributed by atoms with E-state index in [1.54, 1.807) is 0 Å². The number of carbonyl (C=O) groups excluding carboxylic acids is 1. The lowest BCUT2D eigenvalue weighted by molar-refractivity contribution is -0.973. The minimum atomic E-state index is 0. The Hall–Kier alpha value is -0.790. The van der Waals surface area contributed by atoms with Crippen molar-refractivity contribution in [1.82, 2.24) is 14.7 Å². The van der Waals surface area contributed by atoms with Gasteiger partial charge in [-0.15, -0.1) is 0 Å². The summed E-state index contributed by atoms with van der Waals surface area (Å²) in [4.78, 5) is 19.8. The van der Waals surface area contributed by atoms with E-state index < -0.39 is 0 Å². The van der Waals surface area contributed by atoms with Crippen LogP contribution < -0.4 is 17.0 Å². The van der Waals surface area contributed by atoms with Crippen molar-refractivity contribution in [3.63, 3.8) is 0 Å². The van der Waals surface area contributed by atoms with Gasteiger partial charge in [0.2, 0.25) is 5.78 Å². The van der Waals surface area contributed by atoms with Crippen LogP contribution in [0, 0.1) is 0 Å². The average Bonchev–Trinajstić information content (AvgIpc) is 2.37. The second kappa shape index (κ2) is 5.20. The summed E-state index contributed by atoms with van der Waals surface area (Å²) in [5, 5.41) is 0. The lowest BCUT2D eigenvalue weighted by atomic mass is 10.1. The zero-order chi connectivity index (χ0) is 12.9. The van der Waals surface area contributed by atoms with E-state index >= 15 is 0 Å². The first-order valence-corrected chi connectivity index (χ1v) is 6.83. The van der Waals surface area contributed by atoms with Crippen LogP contribution in [0.5, 0.6) is 0 Å². The number of nitrogens with zero attached hydrogens (tertiary/aromatic N) is 4. The number of hydrogen-bond donors (Lipinski definition) is 0. The van der Waals surface area contributed by atoms with Crippen molar-refractivity contribution >= 4 is 5.78 Å². The molecule has 4 saturated heterocycles. The molecule has 4 fully saturated rings. The van der Waals surface area contributed by atoms with Crippen LogP contribution in [-0.2, 0) is 0 Å². The van der Waals surface area contributed by atoms with E-state index in [9.17, 15) is 4.79 Å². The van der Waals surface area contributed by atoms with E-state index in [4.69, 9.17) is 0 Å². The molecule has 0 amide bonds. The standard InChI is InChI=1S/C14H19N4O.BrH/c19-14(13-4-2-1-3-5-13)6-18-10-15-7-16(11-18)9-17(8-15)12-18;/h1-5H,6-12H2;1H/q+1;/p-1. The first-order valence-electron chi connectivity index (χ1n) is 6.83. The minimum absolute atomic E-state index is 0. The fourth-order valence-corrected chi connectivity index (χ4v) is 3.83. The number of hydrogen-bond acceptors (Lipinski definition) is 4. The van der Waals surface area contributed by atoms with Gasteiger partial charge in [0.1, 0.15) is 26.6 Å². The Labute approximate surface area is 129 Å². The van der Waals surface area contributed by atoms with Crippen molar-refractivity contribution < 1.29 is 26.3 Å². The van der Waals surface area contributed by atoms with Gasteiger partial charge in [-0.25, -0.2) is 14.7 Å². The van der Waals surface area contributed by atoms with E-state index in [1.165, 1.54) is 0 Å². The number of carbonyl (C=O) groups is 1. The van der Waals surface area contributed by atoms with Crippen molar-refractivity contribution in [2.75, 3.05) is 46.6 Å². The third-order valence-corrected chi connectivity index (χ3v) is 4.27. The molecule has 5 nitrogen and oxygen atoms in total. The Kier molecular flexibility index (Phi) is 3.68. The Morgan fingerprint density at radius 2 is 1.45 bits per heavy atom. The molecule has 0 saturated carbocycles. The lowest BCUT2D eigenvalue weighted by Gasteiger charge is -2.60. The van der Waals surface area contributed by atoms with Gasteiger partial charge in [-0.1, -0.05) is 30.3 Å². The highest BCUT2D eigenvalue weighted by Crippen LogP contribution is 2.28. The van der Waals surface area contributed by atoms with Crippen molar-refractivity contribution in [3.05, 3.63) is 35.9 Å². The SMILES string of the molecule is O=C(C[N+]12CN3CN(CN(C3)C1)C2)c1ccccc1.[Br-]. The van der Waals surface area contributed by atoms with Crippen LogP contribution in [0.3, 0.4) is 0 Å². The number of halogens is 1. The molecule has 108 valence electrons. The molecule has 0 N–H and O–H groups in total. The maximum absolute atomic E-state index is 12.5. The molecule has 5 rings (SSSR count). The molecule has 0 aromatic heterocycles. The molecule has 6 heteroatoms. The summed E-state index contributed by atoms with van der Waals surface area (Å²) in [5.74, 6) is 0.270. The summed E-state index contributed by atoms with van der Waals surface area (Å²) in [6, 6.07) is 9.69. The van der Waals surface area contributed by atoms with Gasteiger partial charge in [0, 0.05) is 5.56 Å². The molecule has 0 atom stereocenters. The molecular formula is C14H19BrN4O. The van der Waals surface area contributed by atoms with Gasteiger partial charge < -0.3 is 17.0 Å². The van der Waals surface area contributed by atoms with E-state index in [1.807, 2.05) is 30.3 Å². The third kappa shape index (κ3) is 2.42. The number of Topliss-reactive ketones (excluding diaryl/α,β-unsaturated/α-hetero) is 1. The van der Waals surface area contributed by atoms with Gasteiger partial charge in [0.05, 0.1) is 20.0 Å². The number of ketones is 1. The summed E-state index contributed by atoms with van der Waals surface area (Å²) >= 11 is 0. The summed E-state index contributed by atoms with van der Waals surface area (Å²) in [6.07, 6.45) is 0. The Bertz CT molecular complexity index is 472. The monoisotopic (exact) mass is 338 g/mol. The van der Waals surface area contributed by atoms with E-state index in [2.05, 4.69) is 14.7 Å². The largest absolute Gasteiger partial charge is 1.00 e. The number of benzene rings is 1. The highest BCUT2D eigenvalue weighted by atomic mass is 79.9. The Morgan fingerprint density at radius 1 is 0.950 bits per heavy atom. The first-order chi connectivity index (χ1) is 9.22. The zero-order valence-electron chi connectivity index (χ0n) is 11.4. The highest BCUT2D eigenvalue weighted by Gasteiger charge is 2.49. The summed E-state index contributed by atoms with van der Waals surface area (Å²) in [5.41, 5.74) is 0.844. The fourth-order valence-electron chi connectivity index (χ4n) is 3.83. The lowest BCUT2D eigenvalue weighted by Crippen LogP contribution is -3.00. The number of rotatable bonds is 3. The van der Waals surface area contributed by atoms with Crippen LogP contribution in [0.25, 0.3) is 0 Å². The van der Waals surface area contributed by atoms with Crippen LogP contribution in [-0.4, -0.2) is 71.5 Å². The van der Waals surface area contributed by atoms with Gasteiger partial charge >= 0.3 is 0 Å². The predicted octanol–water partition coefficient (Wildman–Crippen LogP) is -2.62. The molecule has 1 aromatic carbocycles. The molecule has 4 aliphatic rings. The molecule has 0 radical (unpaired) electrons. The molecule has 4 bridgehead atoms. The van der Waals surface area contributed by atoms with Crippen LogP contribution in [0.2, 0.25) is 0 Å². The van der Waals surface area contributed by atoms with Gasteiger partial charge in [0.25, 0.3) is 0 Å². The van der Waals surface area contributed by atoms with Crippen LogP contribution >= 0.6 is 0 Å². The predicted molar refractivity (Wildman–Crippen MR) is 70.6 cm³/mol. The van der Waals surface area contributed by atoms with E-state index in [-0.39, 0.29) is 22.8 Å². The van der Waals surface area contributed by atoms with Crippen molar-refractivity contribution in [1.29, 1.82) is 0 Å². The van der Waals surface area contributed by atoms with Crippen molar-refractivity contribution in [3.8, 4) is 0 Å². The maximum atomic E-state index is 12.5. The minimum Gasteiger partial charge on any atom is -1.00 e. The topological polar surface area (TPSA) is 26.8 Å². The van der Waals surface area contributed by atoms with Gasteiger partial charge in [-0.3, -0.25) is 9.28 Å². The second-order valence-electron chi connectivity index (χ2n) is 6.15. The van der Waals surface area contributed by atoms with Crippen LogP contribution in [0.1, 0.15) is 10.4 Å². The summed E-state index contributed by atoms with van der Waals surface area (Å²) < 4.78 is 0.883. The summed E-state index contributed by atoms with van der Waals surface area (Å²) in [6.45, 7) is 6.87. The van der Waals surface area contributed by atoms with E-state index in [0.717, 1.165) is 50.1 Å². The smallest absolute Gasteiger partial charge is 0.217 e. The number of quaternary nitrogens is 1. The Morgan fingerprint density at radius 3 is 1.95 bits per heavy atom. The molecular weight excluding hydrogens is 320 g/mol. The average molecular weight is 339 g/mol. The van der Waals surface area contributed by atoms with Crippen LogP contribution in [0.15, 0.2) is 30.3 Å². The van der Waals surface area contributed by atoms with Gasteiger partial charge in [-0.05, 0) is 0 Å². The molecule has 0 aliphatic carbocycles. The molecule has 4 heterocycles. The molecule has 20 heavy (non-hydrogen) atoms. The fraction of sp³-hybridized carbons (Fsp3) is 0.500. The van der Waals surface area contributed by atoms with Crippen molar-refractivity contribution in [2.45, 2.75) is 0 Å². The van der Waals surface area contributed by atoms with Gasteiger partial charge in [-0.2, -0.15) is 0 Å². The quantitative estimate of drug-likeness (QED) is 0.445. The zero-order valence-corrected chi connectivity index (χ0v) is 13.0. The third-order valence-electron chi connectivity index (χ3n) is 4.27. The molecule has 4 aliphatic heterocycles. The first kappa shape index (κ1) is 14.2. The van der Waals surface area contributed by atoms with E-state index in [0.29, 0.717) is 6.54 Å². The van der Waals surface area contributed by atoms with Crippen LogP contribution in [0.4, 0.5) is 0 Å². The maximum Gasteiger partial charge on any atom is 0.217 e. The normalized spacial score (nSPS) is 37.5. The molecule has 1 aromatic rings. The second-order valence-corrected chi connectivity index (χ2v) is 6.15. The summed E-state index contributed by atoms with van der Waals surface area (Å²) in [7, 11) is 0. The Balaban J connectivity index is 0.00000121. The molecule has 0 spiro atoms. The van der Waals surface area contributed by atoms with Gasteiger partial charge in [0.15, 0.2) is 0 Å². The molecule has 0 unspecified atom stereocenters.